The molecule has 16 heavy (non-hydrogen) atoms. The lowest BCUT2D eigenvalue weighted by atomic mass is 10.3. The molecule has 1 amide bonds. The summed E-state index contributed by atoms with van der Waals surface area (Å²) in [6, 6.07) is 7.54. The molecule has 1 aromatic heterocycles. The van der Waals surface area contributed by atoms with Crippen LogP contribution >= 0.6 is 0 Å². The van der Waals surface area contributed by atoms with Gasteiger partial charge in [-0.25, -0.2) is 9.78 Å². The third kappa shape index (κ3) is 2.31. The van der Waals surface area contributed by atoms with E-state index in [9.17, 15) is 4.79 Å². The van der Waals surface area contributed by atoms with E-state index in [0.29, 0.717) is 18.9 Å². The number of nitrogens with one attached hydrogen (secondary N) is 1. The summed E-state index contributed by atoms with van der Waals surface area (Å²) in [5.74, 6) is 0.609. The van der Waals surface area contributed by atoms with Crippen molar-refractivity contribution >= 4 is 17.2 Å². The molecular formula is C11H12N2O3. The molecule has 1 aromatic carbocycles. The van der Waals surface area contributed by atoms with Crippen molar-refractivity contribution in [2.45, 2.75) is 6.42 Å². The summed E-state index contributed by atoms with van der Waals surface area (Å²) in [5.41, 5.74) is 1.59. The minimum absolute atomic E-state index is 0.444. The summed E-state index contributed by atoms with van der Waals surface area (Å²) in [7, 11) is 1.33. The first-order valence-electron chi connectivity index (χ1n) is 4.96. The van der Waals surface area contributed by atoms with Gasteiger partial charge < -0.3 is 14.5 Å². The second kappa shape index (κ2) is 4.65. The second-order valence-corrected chi connectivity index (χ2v) is 3.24. The molecule has 5 nitrogen and oxygen atoms in total. The van der Waals surface area contributed by atoms with Crippen molar-refractivity contribution < 1.29 is 13.9 Å². The molecule has 0 saturated carbocycles. The van der Waals surface area contributed by atoms with Crippen LogP contribution in [0.4, 0.5) is 4.79 Å². The maximum atomic E-state index is 10.8. The van der Waals surface area contributed by atoms with E-state index in [0.717, 1.165) is 11.1 Å². The van der Waals surface area contributed by atoms with Crippen molar-refractivity contribution in [1.29, 1.82) is 0 Å². The highest BCUT2D eigenvalue weighted by molar-refractivity contribution is 5.72. The summed E-state index contributed by atoms with van der Waals surface area (Å²) in [4.78, 5) is 15.1. The van der Waals surface area contributed by atoms with Gasteiger partial charge in [0.2, 0.25) is 0 Å². The fourth-order valence-corrected chi connectivity index (χ4v) is 1.37. The molecule has 0 saturated heterocycles. The van der Waals surface area contributed by atoms with E-state index in [-0.39, 0.29) is 0 Å². The zero-order valence-corrected chi connectivity index (χ0v) is 8.90. The second-order valence-electron chi connectivity index (χ2n) is 3.24. The van der Waals surface area contributed by atoms with Gasteiger partial charge in [0.15, 0.2) is 11.5 Å². The number of alkyl carbamates (subject to hydrolysis) is 1. The zero-order valence-electron chi connectivity index (χ0n) is 8.90. The standard InChI is InChI=1S/C11H12N2O3/c1-15-11(14)12-7-6-10-13-8-4-2-3-5-9(8)16-10/h2-5H,6-7H2,1H3,(H,12,14). The largest absolute Gasteiger partial charge is 0.453 e. The zero-order chi connectivity index (χ0) is 11.4. The Morgan fingerprint density at radius 1 is 1.50 bits per heavy atom. The van der Waals surface area contributed by atoms with Crippen molar-refractivity contribution in [2.24, 2.45) is 0 Å². The number of nitrogens with zero attached hydrogens (tertiary/aromatic N) is 1. The number of carbonyl (C=O) groups is 1. The number of amides is 1. The maximum Gasteiger partial charge on any atom is 0.406 e. The molecule has 1 heterocycles. The van der Waals surface area contributed by atoms with Crippen LogP contribution in [0.15, 0.2) is 28.7 Å². The van der Waals surface area contributed by atoms with E-state index in [1.54, 1.807) is 0 Å². The van der Waals surface area contributed by atoms with Crippen LogP contribution < -0.4 is 5.32 Å². The molecule has 0 bridgehead atoms. The molecule has 0 spiro atoms. The lowest BCUT2D eigenvalue weighted by Crippen LogP contribution is -2.25. The lowest BCUT2D eigenvalue weighted by Gasteiger charge is -1.99. The van der Waals surface area contributed by atoms with Crippen molar-refractivity contribution in [3.05, 3.63) is 30.2 Å². The molecule has 5 heteroatoms. The van der Waals surface area contributed by atoms with Gasteiger partial charge in [-0.3, -0.25) is 0 Å². The van der Waals surface area contributed by atoms with Crippen LogP contribution in [0.2, 0.25) is 0 Å². The van der Waals surface area contributed by atoms with Gasteiger partial charge in [0.1, 0.15) is 5.52 Å². The Balaban J connectivity index is 1.97. The number of hydrogen-bond acceptors (Lipinski definition) is 4. The third-order valence-corrected chi connectivity index (χ3v) is 2.13. The topological polar surface area (TPSA) is 64.4 Å². The molecule has 84 valence electrons. The van der Waals surface area contributed by atoms with E-state index in [1.165, 1.54) is 7.11 Å². The highest BCUT2D eigenvalue weighted by Crippen LogP contribution is 2.14. The van der Waals surface area contributed by atoms with Crippen molar-refractivity contribution in [1.82, 2.24) is 10.3 Å². The van der Waals surface area contributed by atoms with Crippen LogP contribution in [0, 0.1) is 0 Å². The smallest absolute Gasteiger partial charge is 0.406 e. The van der Waals surface area contributed by atoms with Crippen LogP contribution in [0.5, 0.6) is 0 Å². The van der Waals surface area contributed by atoms with Gasteiger partial charge in [-0.2, -0.15) is 0 Å². The molecule has 1 N–H and O–H groups in total. The van der Waals surface area contributed by atoms with Gasteiger partial charge in [0.05, 0.1) is 7.11 Å². The molecule has 2 rings (SSSR count). The predicted molar refractivity (Wildman–Crippen MR) is 58.1 cm³/mol. The SMILES string of the molecule is COC(=O)NCCc1nc2ccccc2o1. The van der Waals surface area contributed by atoms with E-state index in [4.69, 9.17) is 4.42 Å². The number of oxazole rings is 1. The Bertz CT molecular complexity index is 460. The summed E-state index contributed by atoms with van der Waals surface area (Å²) in [6.45, 7) is 0.444. The first-order valence-corrected chi connectivity index (χ1v) is 4.96. The molecule has 0 aliphatic carbocycles. The number of carbonyl (C=O) groups excluding carboxylic acids is 1. The number of methoxy groups -OCH3 is 1. The molecule has 2 aromatic rings. The minimum Gasteiger partial charge on any atom is -0.453 e. The Kier molecular flexibility index (Phi) is 3.05. The first-order chi connectivity index (χ1) is 7.79. The molecule has 0 aliphatic rings. The molecule has 0 radical (unpaired) electrons. The summed E-state index contributed by atoms with van der Waals surface area (Å²) in [6.07, 6.45) is 0.0974. The normalized spacial score (nSPS) is 10.3. The first kappa shape index (κ1) is 10.5. The highest BCUT2D eigenvalue weighted by atomic mass is 16.5. The average Bonchev–Trinajstić information content (AvgIpc) is 2.71. The fraction of sp³-hybridized carbons (Fsp3) is 0.273. The maximum absolute atomic E-state index is 10.8. The van der Waals surface area contributed by atoms with Gasteiger partial charge in [-0.15, -0.1) is 0 Å². The Morgan fingerprint density at radius 2 is 2.31 bits per heavy atom. The summed E-state index contributed by atoms with van der Waals surface area (Å²) < 4.78 is 9.93. The van der Waals surface area contributed by atoms with Crippen LogP contribution in [-0.4, -0.2) is 24.7 Å². The Morgan fingerprint density at radius 3 is 3.06 bits per heavy atom. The van der Waals surface area contributed by atoms with Gasteiger partial charge in [0.25, 0.3) is 0 Å². The number of para-hydroxylation sites is 2. The lowest BCUT2D eigenvalue weighted by molar-refractivity contribution is 0.171. The van der Waals surface area contributed by atoms with Crippen molar-refractivity contribution in [3.63, 3.8) is 0 Å². The quantitative estimate of drug-likeness (QED) is 0.855. The molecule has 0 aliphatic heterocycles. The number of aromatic nitrogens is 1. The van der Waals surface area contributed by atoms with Crippen LogP contribution in [-0.2, 0) is 11.2 Å². The monoisotopic (exact) mass is 220 g/mol. The number of benzene rings is 1. The van der Waals surface area contributed by atoms with Crippen LogP contribution in [0.25, 0.3) is 11.1 Å². The highest BCUT2D eigenvalue weighted by Gasteiger charge is 2.05. The molecular weight excluding hydrogens is 208 g/mol. The predicted octanol–water partition coefficient (Wildman–Crippen LogP) is 1.73. The summed E-state index contributed by atoms with van der Waals surface area (Å²) in [5, 5.41) is 2.56. The molecule has 0 unspecified atom stereocenters. The van der Waals surface area contributed by atoms with Gasteiger partial charge in [-0.1, -0.05) is 12.1 Å². The summed E-state index contributed by atoms with van der Waals surface area (Å²) >= 11 is 0. The van der Waals surface area contributed by atoms with Crippen LogP contribution in [0.3, 0.4) is 0 Å². The van der Waals surface area contributed by atoms with Crippen molar-refractivity contribution in [3.8, 4) is 0 Å². The average molecular weight is 220 g/mol. The molecule has 0 atom stereocenters. The number of hydrogen-bond donors (Lipinski definition) is 1. The number of rotatable bonds is 3. The number of fused-ring (bicyclic) bond motifs is 1. The van der Waals surface area contributed by atoms with Gasteiger partial charge in [-0.05, 0) is 12.1 Å². The van der Waals surface area contributed by atoms with Gasteiger partial charge >= 0.3 is 6.09 Å². The van der Waals surface area contributed by atoms with E-state index < -0.39 is 6.09 Å². The van der Waals surface area contributed by atoms with Crippen LogP contribution in [0.1, 0.15) is 5.89 Å². The number of ether oxygens (including phenoxy) is 1. The molecule has 0 fully saturated rings. The fourth-order valence-electron chi connectivity index (χ4n) is 1.37. The third-order valence-electron chi connectivity index (χ3n) is 2.13. The Labute approximate surface area is 92.4 Å². The Hall–Kier alpha value is -2.04. The van der Waals surface area contributed by atoms with E-state index in [2.05, 4.69) is 15.0 Å². The van der Waals surface area contributed by atoms with E-state index in [1.807, 2.05) is 24.3 Å². The van der Waals surface area contributed by atoms with Gasteiger partial charge in [0, 0.05) is 13.0 Å². The minimum atomic E-state index is -0.448. The van der Waals surface area contributed by atoms with Crippen molar-refractivity contribution in [2.75, 3.05) is 13.7 Å². The van der Waals surface area contributed by atoms with E-state index >= 15 is 0 Å².